The average molecular weight is 183 g/mol. The lowest BCUT2D eigenvalue weighted by molar-refractivity contribution is -0.0900. The van der Waals surface area contributed by atoms with E-state index in [-0.39, 0.29) is 11.2 Å². The molecule has 2 aliphatic heterocycles. The van der Waals surface area contributed by atoms with E-state index in [1.165, 1.54) is 12.8 Å². The van der Waals surface area contributed by atoms with Crippen molar-refractivity contribution in [1.82, 2.24) is 5.32 Å². The van der Waals surface area contributed by atoms with Gasteiger partial charge in [-0.05, 0) is 47.1 Å². The van der Waals surface area contributed by atoms with Gasteiger partial charge in [-0.3, -0.25) is 0 Å². The highest BCUT2D eigenvalue weighted by Crippen LogP contribution is 2.53. The van der Waals surface area contributed by atoms with Crippen LogP contribution < -0.4 is 5.32 Å². The van der Waals surface area contributed by atoms with Gasteiger partial charge in [0, 0.05) is 12.0 Å². The Hall–Kier alpha value is -0.0800. The summed E-state index contributed by atoms with van der Waals surface area (Å²) in [5.41, 5.74) is 0.492. The molecule has 1 atom stereocenters. The Morgan fingerprint density at radius 1 is 1.15 bits per heavy atom. The summed E-state index contributed by atoms with van der Waals surface area (Å²) >= 11 is 0. The van der Waals surface area contributed by atoms with Crippen LogP contribution in [0.3, 0.4) is 0 Å². The Balaban J connectivity index is 2.28. The quantitative estimate of drug-likeness (QED) is 0.619. The second-order valence-corrected chi connectivity index (χ2v) is 5.76. The maximum atomic E-state index is 6.13. The molecule has 2 rings (SSSR count). The zero-order valence-corrected chi connectivity index (χ0v) is 9.24. The van der Waals surface area contributed by atoms with Gasteiger partial charge in [0.2, 0.25) is 0 Å². The fraction of sp³-hybridized carbons (Fsp3) is 1.00. The second-order valence-electron chi connectivity index (χ2n) is 5.76. The summed E-state index contributed by atoms with van der Waals surface area (Å²) in [6, 6.07) is 0. The molecule has 0 radical (unpaired) electrons. The third-order valence-electron chi connectivity index (χ3n) is 3.82. The molecule has 2 fully saturated rings. The average Bonchev–Trinajstić information content (AvgIpc) is 2.38. The Labute approximate surface area is 81.0 Å². The molecule has 76 valence electrons. The number of hydrogen-bond acceptors (Lipinski definition) is 2. The maximum Gasteiger partial charge on any atom is 0.0703 e. The van der Waals surface area contributed by atoms with Crippen LogP contribution in [-0.4, -0.2) is 24.3 Å². The minimum absolute atomic E-state index is 0.0417. The molecule has 0 aromatic carbocycles. The van der Waals surface area contributed by atoms with Crippen molar-refractivity contribution in [3.63, 3.8) is 0 Å². The molecule has 13 heavy (non-hydrogen) atoms. The molecule has 1 N–H and O–H groups in total. The van der Waals surface area contributed by atoms with E-state index in [4.69, 9.17) is 4.74 Å². The van der Waals surface area contributed by atoms with Crippen molar-refractivity contribution >= 4 is 0 Å². The lowest BCUT2D eigenvalue weighted by atomic mass is 9.70. The van der Waals surface area contributed by atoms with Crippen molar-refractivity contribution in [2.24, 2.45) is 5.41 Å². The molecule has 2 saturated heterocycles. The van der Waals surface area contributed by atoms with Crippen LogP contribution in [0.15, 0.2) is 0 Å². The van der Waals surface area contributed by atoms with E-state index in [0.29, 0.717) is 5.41 Å². The zero-order valence-electron chi connectivity index (χ0n) is 9.24. The molecule has 2 heteroatoms. The molecule has 2 heterocycles. The van der Waals surface area contributed by atoms with Gasteiger partial charge in [-0.1, -0.05) is 0 Å². The van der Waals surface area contributed by atoms with Crippen molar-refractivity contribution in [3.05, 3.63) is 0 Å². The van der Waals surface area contributed by atoms with Crippen LogP contribution in [0.2, 0.25) is 0 Å². The molecular formula is C11H21NO. The van der Waals surface area contributed by atoms with Gasteiger partial charge >= 0.3 is 0 Å². The number of ether oxygens (including phenoxy) is 1. The van der Waals surface area contributed by atoms with Crippen molar-refractivity contribution in [3.8, 4) is 0 Å². The van der Waals surface area contributed by atoms with Gasteiger partial charge in [0.15, 0.2) is 0 Å². The molecule has 2 nitrogen and oxygen atoms in total. The summed E-state index contributed by atoms with van der Waals surface area (Å²) in [6.07, 6.45) is 2.46. The Kier molecular flexibility index (Phi) is 1.81. The van der Waals surface area contributed by atoms with Gasteiger partial charge in [-0.2, -0.15) is 0 Å². The van der Waals surface area contributed by atoms with Crippen LogP contribution >= 0.6 is 0 Å². The largest absolute Gasteiger partial charge is 0.369 e. The van der Waals surface area contributed by atoms with Gasteiger partial charge in [0.05, 0.1) is 11.2 Å². The third-order valence-corrected chi connectivity index (χ3v) is 3.82. The normalized spacial score (nSPS) is 41.5. The van der Waals surface area contributed by atoms with Crippen molar-refractivity contribution < 1.29 is 4.74 Å². The lowest BCUT2D eigenvalue weighted by Crippen LogP contribution is -2.41. The van der Waals surface area contributed by atoms with E-state index in [9.17, 15) is 0 Å². The van der Waals surface area contributed by atoms with Gasteiger partial charge in [0.25, 0.3) is 0 Å². The van der Waals surface area contributed by atoms with Crippen LogP contribution in [0.5, 0.6) is 0 Å². The van der Waals surface area contributed by atoms with Crippen LogP contribution in [-0.2, 0) is 4.74 Å². The molecule has 0 aromatic rings. The highest BCUT2D eigenvalue weighted by atomic mass is 16.5. The van der Waals surface area contributed by atoms with E-state index >= 15 is 0 Å². The number of nitrogens with one attached hydrogen (secondary N) is 1. The minimum Gasteiger partial charge on any atom is -0.369 e. The van der Waals surface area contributed by atoms with Gasteiger partial charge in [-0.15, -0.1) is 0 Å². The van der Waals surface area contributed by atoms with Crippen LogP contribution in [0.1, 0.15) is 40.5 Å². The van der Waals surface area contributed by atoms with Crippen molar-refractivity contribution in [1.29, 1.82) is 0 Å². The maximum absolute atomic E-state index is 6.13. The van der Waals surface area contributed by atoms with Gasteiger partial charge in [0.1, 0.15) is 0 Å². The highest BCUT2D eigenvalue weighted by Gasteiger charge is 2.57. The van der Waals surface area contributed by atoms with E-state index in [1.54, 1.807) is 0 Å². The summed E-state index contributed by atoms with van der Waals surface area (Å²) in [7, 11) is 0. The van der Waals surface area contributed by atoms with Crippen LogP contribution in [0.4, 0.5) is 0 Å². The first-order chi connectivity index (χ1) is 5.87. The van der Waals surface area contributed by atoms with Gasteiger partial charge in [-0.25, -0.2) is 0 Å². The summed E-state index contributed by atoms with van der Waals surface area (Å²) < 4.78 is 6.13. The standard InChI is InChI=1S/C11H21NO/c1-9(2)7-11(5-6-12-8-11)10(3,4)13-9/h12H,5-8H2,1-4H3. The third kappa shape index (κ3) is 1.31. The number of rotatable bonds is 0. The van der Waals surface area contributed by atoms with Crippen molar-refractivity contribution in [2.45, 2.75) is 51.7 Å². The zero-order chi connectivity index (χ0) is 9.74. The molecule has 0 aliphatic carbocycles. The molecular weight excluding hydrogens is 162 g/mol. The predicted octanol–water partition coefficient (Wildman–Crippen LogP) is 1.94. The van der Waals surface area contributed by atoms with E-state index < -0.39 is 0 Å². The molecule has 0 amide bonds. The van der Waals surface area contributed by atoms with Crippen molar-refractivity contribution in [2.75, 3.05) is 13.1 Å². The minimum atomic E-state index is 0.0417. The lowest BCUT2D eigenvalue weighted by Gasteiger charge is -2.35. The smallest absolute Gasteiger partial charge is 0.0703 e. The Morgan fingerprint density at radius 3 is 2.23 bits per heavy atom. The number of hydrogen-bond donors (Lipinski definition) is 1. The molecule has 0 aromatic heterocycles. The van der Waals surface area contributed by atoms with E-state index in [1.807, 2.05) is 0 Å². The molecule has 1 spiro atoms. The topological polar surface area (TPSA) is 21.3 Å². The summed E-state index contributed by atoms with van der Waals surface area (Å²) in [5, 5.41) is 3.47. The molecule has 0 bridgehead atoms. The Bertz CT molecular complexity index is 214. The highest BCUT2D eigenvalue weighted by molar-refractivity contribution is 5.08. The monoisotopic (exact) mass is 183 g/mol. The second kappa shape index (κ2) is 2.48. The molecule has 2 aliphatic rings. The fourth-order valence-corrected chi connectivity index (χ4v) is 3.27. The summed E-state index contributed by atoms with van der Waals surface area (Å²) in [5.74, 6) is 0. The van der Waals surface area contributed by atoms with E-state index in [2.05, 4.69) is 33.0 Å². The Morgan fingerprint density at radius 2 is 1.85 bits per heavy atom. The van der Waals surface area contributed by atoms with Crippen LogP contribution in [0, 0.1) is 5.41 Å². The first kappa shape index (κ1) is 9.47. The SMILES string of the molecule is CC1(C)CC2(CCNC2)C(C)(C)O1. The summed E-state index contributed by atoms with van der Waals surface area (Å²) in [6.45, 7) is 11.2. The predicted molar refractivity (Wildman–Crippen MR) is 53.8 cm³/mol. The first-order valence-electron chi connectivity index (χ1n) is 5.28. The first-order valence-corrected chi connectivity index (χ1v) is 5.28. The van der Waals surface area contributed by atoms with Crippen LogP contribution in [0.25, 0.3) is 0 Å². The fourth-order valence-electron chi connectivity index (χ4n) is 3.27. The molecule has 1 unspecified atom stereocenters. The molecule has 0 saturated carbocycles. The van der Waals surface area contributed by atoms with E-state index in [0.717, 1.165) is 13.1 Å². The summed E-state index contributed by atoms with van der Waals surface area (Å²) in [4.78, 5) is 0. The van der Waals surface area contributed by atoms with Gasteiger partial charge < -0.3 is 10.1 Å².